The van der Waals surface area contributed by atoms with Crippen LogP contribution in [0.2, 0.25) is 0 Å². The van der Waals surface area contributed by atoms with E-state index in [2.05, 4.69) is 0 Å². The minimum Gasteiger partial charge on any atom is -0.461 e. The van der Waals surface area contributed by atoms with E-state index in [1.807, 2.05) is 32.9 Å². The third-order valence-electron chi connectivity index (χ3n) is 5.58. The highest BCUT2D eigenvalue weighted by atomic mass is 16.7. The van der Waals surface area contributed by atoms with E-state index in [0.29, 0.717) is 11.1 Å². The summed E-state index contributed by atoms with van der Waals surface area (Å²) in [6.45, 7) is 6.11. The summed E-state index contributed by atoms with van der Waals surface area (Å²) in [5.41, 5.74) is 0.306. The van der Waals surface area contributed by atoms with Crippen LogP contribution in [0.3, 0.4) is 0 Å². The molecule has 0 bridgehead atoms. The highest BCUT2D eigenvalue weighted by molar-refractivity contribution is 5.90. The smallest absolute Gasteiger partial charge is 0.340 e. The Balaban J connectivity index is 1.74. The van der Waals surface area contributed by atoms with Crippen LogP contribution >= 0.6 is 0 Å². The summed E-state index contributed by atoms with van der Waals surface area (Å²) >= 11 is 0. The van der Waals surface area contributed by atoms with E-state index < -0.39 is 23.6 Å². The number of carbonyl (C=O) groups excluding carboxylic acids is 2. The van der Waals surface area contributed by atoms with Gasteiger partial charge in [0.25, 0.3) is 0 Å². The summed E-state index contributed by atoms with van der Waals surface area (Å²) in [4.78, 5) is 24.9. The molecular weight excluding hydrogens is 356 g/mol. The standard InChI is InChI=1S/C23H26O5/c1-4-19-16(2)23(3,15-26-20(24)17-11-7-5-8-12-17)22(27-19)28-21(25)18-13-9-6-10-14-18/h5-14,16,19,22H,4,15H2,1-3H3/t16-,19-,22?,23-/m1/s1. The van der Waals surface area contributed by atoms with Crippen molar-refractivity contribution in [2.75, 3.05) is 6.61 Å². The molecule has 4 atom stereocenters. The van der Waals surface area contributed by atoms with E-state index in [-0.39, 0.29) is 18.6 Å². The average Bonchev–Trinajstić information content (AvgIpc) is 2.98. The molecule has 1 aliphatic heterocycles. The third kappa shape index (κ3) is 4.09. The van der Waals surface area contributed by atoms with Crippen LogP contribution in [-0.4, -0.2) is 30.9 Å². The normalized spacial score (nSPS) is 26.6. The molecule has 1 aliphatic rings. The van der Waals surface area contributed by atoms with Crippen molar-refractivity contribution < 1.29 is 23.8 Å². The van der Waals surface area contributed by atoms with E-state index >= 15 is 0 Å². The average molecular weight is 382 g/mol. The van der Waals surface area contributed by atoms with Gasteiger partial charge in [-0.25, -0.2) is 9.59 Å². The molecule has 0 aromatic heterocycles. The van der Waals surface area contributed by atoms with Crippen molar-refractivity contribution in [3.05, 3.63) is 71.8 Å². The fraction of sp³-hybridized carbons (Fsp3) is 0.391. The van der Waals surface area contributed by atoms with Crippen molar-refractivity contribution in [3.63, 3.8) is 0 Å². The molecule has 5 heteroatoms. The molecule has 1 fully saturated rings. The first-order valence-electron chi connectivity index (χ1n) is 9.59. The molecule has 1 unspecified atom stereocenters. The molecule has 0 spiro atoms. The Morgan fingerprint density at radius 1 is 0.964 bits per heavy atom. The molecule has 1 saturated heterocycles. The largest absolute Gasteiger partial charge is 0.461 e. The van der Waals surface area contributed by atoms with E-state index in [1.165, 1.54) is 0 Å². The van der Waals surface area contributed by atoms with E-state index in [9.17, 15) is 9.59 Å². The summed E-state index contributed by atoms with van der Waals surface area (Å²) in [6.07, 6.45) is -0.0827. The van der Waals surface area contributed by atoms with Crippen molar-refractivity contribution in [2.24, 2.45) is 11.3 Å². The van der Waals surface area contributed by atoms with Crippen LogP contribution in [-0.2, 0) is 14.2 Å². The maximum Gasteiger partial charge on any atom is 0.340 e. The van der Waals surface area contributed by atoms with Gasteiger partial charge < -0.3 is 14.2 Å². The molecule has 3 rings (SSSR count). The first-order valence-corrected chi connectivity index (χ1v) is 9.59. The Morgan fingerprint density at radius 2 is 1.50 bits per heavy atom. The Bertz CT molecular complexity index is 804. The quantitative estimate of drug-likeness (QED) is 0.690. The van der Waals surface area contributed by atoms with Gasteiger partial charge in [-0.05, 0) is 43.5 Å². The van der Waals surface area contributed by atoms with Crippen molar-refractivity contribution in [1.29, 1.82) is 0 Å². The van der Waals surface area contributed by atoms with Gasteiger partial charge in [0.2, 0.25) is 6.29 Å². The van der Waals surface area contributed by atoms with E-state index in [0.717, 1.165) is 6.42 Å². The molecule has 0 radical (unpaired) electrons. The molecule has 0 N–H and O–H groups in total. The fourth-order valence-corrected chi connectivity index (χ4v) is 3.50. The summed E-state index contributed by atoms with van der Waals surface area (Å²) in [6, 6.07) is 17.6. The van der Waals surface area contributed by atoms with Crippen molar-refractivity contribution in [3.8, 4) is 0 Å². The lowest BCUT2D eigenvalue weighted by atomic mass is 9.77. The van der Waals surface area contributed by atoms with Gasteiger partial charge in [0.05, 0.1) is 22.6 Å². The first kappa shape index (κ1) is 20.1. The molecule has 5 nitrogen and oxygen atoms in total. The van der Waals surface area contributed by atoms with Crippen molar-refractivity contribution in [1.82, 2.24) is 0 Å². The van der Waals surface area contributed by atoms with Gasteiger partial charge in [0.1, 0.15) is 6.61 Å². The first-order chi connectivity index (χ1) is 13.5. The highest BCUT2D eigenvalue weighted by Crippen LogP contribution is 2.45. The zero-order valence-corrected chi connectivity index (χ0v) is 16.5. The van der Waals surface area contributed by atoms with Crippen LogP contribution in [0.1, 0.15) is 47.9 Å². The Kier molecular flexibility index (Phi) is 6.15. The second kappa shape index (κ2) is 8.57. The molecule has 148 valence electrons. The van der Waals surface area contributed by atoms with Gasteiger partial charge >= 0.3 is 11.9 Å². The predicted octanol–water partition coefficient (Wildman–Crippen LogP) is 4.48. The maximum atomic E-state index is 12.5. The SMILES string of the molecule is CC[C@H]1OC(OC(=O)c2ccccc2)[C@](C)(COC(=O)c2ccccc2)[C@@H]1C. The number of benzene rings is 2. The maximum absolute atomic E-state index is 12.5. The van der Waals surface area contributed by atoms with E-state index in [1.54, 1.807) is 48.5 Å². The predicted molar refractivity (Wildman–Crippen MR) is 105 cm³/mol. The fourth-order valence-electron chi connectivity index (χ4n) is 3.50. The number of esters is 2. The Hall–Kier alpha value is -2.66. The van der Waals surface area contributed by atoms with Gasteiger partial charge in [-0.3, -0.25) is 0 Å². The minimum absolute atomic E-state index is 0.0506. The van der Waals surface area contributed by atoms with Gasteiger partial charge in [0.15, 0.2) is 0 Å². The number of carbonyl (C=O) groups is 2. The van der Waals surface area contributed by atoms with Crippen LogP contribution in [0.4, 0.5) is 0 Å². The second-order valence-corrected chi connectivity index (χ2v) is 7.42. The molecular formula is C23H26O5. The molecule has 1 heterocycles. The zero-order chi connectivity index (χ0) is 20.1. The number of hydrogen-bond acceptors (Lipinski definition) is 5. The summed E-state index contributed by atoms with van der Waals surface area (Å²) in [7, 11) is 0. The van der Waals surface area contributed by atoms with Crippen LogP contribution in [0.5, 0.6) is 0 Å². The molecule has 28 heavy (non-hydrogen) atoms. The molecule has 2 aromatic rings. The lowest BCUT2D eigenvalue weighted by Gasteiger charge is -2.32. The summed E-state index contributed by atoms with van der Waals surface area (Å²) in [5.74, 6) is -0.799. The van der Waals surface area contributed by atoms with Crippen molar-refractivity contribution >= 4 is 11.9 Å². The Labute approximate surface area is 165 Å². The Morgan fingerprint density at radius 3 is 2.04 bits per heavy atom. The highest BCUT2D eigenvalue weighted by Gasteiger charge is 2.53. The third-order valence-corrected chi connectivity index (χ3v) is 5.58. The van der Waals surface area contributed by atoms with Crippen LogP contribution < -0.4 is 0 Å². The van der Waals surface area contributed by atoms with Crippen LogP contribution in [0, 0.1) is 11.3 Å². The van der Waals surface area contributed by atoms with Crippen molar-refractivity contribution in [2.45, 2.75) is 39.6 Å². The lowest BCUT2D eigenvalue weighted by molar-refractivity contribution is -0.148. The van der Waals surface area contributed by atoms with Crippen LogP contribution in [0.25, 0.3) is 0 Å². The van der Waals surface area contributed by atoms with Gasteiger partial charge in [-0.1, -0.05) is 50.2 Å². The number of hydrogen-bond donors (Lipinski definition) is 0. The molecule has 0 amide bonds. The second-order valence-electron chi connectivity index (χ2n) is 7.42. The number of rotatable bonds is 6. The monoisotopic (exact) mass is 382 g/mol. The molecule has 2 aromatic carbocycles. The molecule has 0 saturated carbocycles. The van der Waals surface area contributed by atoms with E-state index in [4.69, 9.17) is 14.2 Å². The van der Waals surface area contributed by atoms with Crippen LogP contribution in [0.15, 0.2) is 60.7 Å². The summed E-state index contributed by atoms with van der Waals surface area (Å²) < 4.78 is 17.3. The number of ether oxygens (including phenoxy) is 3. The minimum atomic E-state index is -0.788. The van der Waals surface area contributed by atoms with Gasteiger partial charge in [-0.2, -0.15) is 0 Å². The lowest BCUT2D eigenvalue weighted by Crippen LogP contribution is -2.40. The van der Waals surface area contributed by atoms with Gasteiger partial charge in [0, 0.05) is 0 Å². The van der Waals surface area contributed by atoms with Gasteiger partial charge in [-0.15, -0.1) is 0 Å². The zero-order valence-electron chi connectivity index (χ0n) is 16.5. The molecule has 0 aliphatic carbocycles. The topological polar surface area (TPSA) is 61.8 Å². The summed E-state index contributed by atoms with van der Waals surface area (Å²) in [5, 5.41) is 0.